The van der Waals surface area contributed by atoms with Crippen molar-refractivity contribution in [3.8, 4) is 16.9 Å². The summed E-state index contributed by atoms with van der Waals surface area (Å²) in [4.78, 5) is 2.05. The van der Waals surface area contributed by atoms with E-state index in [1.165, 1.54) is 0 Å². The molecule has 20 heavy (non-hydrogen) atoms. The molecule has 0 saturated carbocycles. The van der Waals surface area contributed by atoms with Crippen molar-refractivity contribution in [2.45, 2.75) is 13.8 Å². The molecule has 0 amide bonds. The molecule has 0 atom stereocenters. The molecule has 0 saturated heterocycles. The third-order valence-electron chi connectivity index (χ3n) is 3.48. The van der Waals surface area contributed by atoms with Crippen LogP contribution in [0.3, 0.4) is 0 Å². The Morgan fingerprint density at radius 1 is 0.950 bits per heavy atom. The third-order valence-corrected chi connectivity index (χ3v) is 3.48. The first-order valence-corrected chi connectivity index (χ1v) is 6.80. The van der Waals surface area contributed by atoms with Crippen LogP contribution in [0.2, 0.25) is 0 Å². The number of phenolic OH excluding ortho intramolecular Hbond substituents is 1. The molecular formula is C16H21N3O. The van der Waals surface area contributed by atoms with Crippen molar-refractivity contribution in [1.82, 2.24) is 0 Å². The lowest BCUT2D eigenvalue weighted by molar-refractivity contribution is 0.476. The van der Waals surface area contributed by atoms with E-state index in [0.29, 0.717) is 17.1 Å². The molecule has 0 fully saturated rings. The van der Waals surface area contributed by atoms with Crippen LogP contribution >= 0.6 is 0 Å². The van der Waals surface area contributed by atoms with Crippen molar-refractivity contribution in [1.29, 1.82) is 0 Å². The van der Waals surface area contributed by atoms with E-state index >= 15 is 0 Å². The van der Waals surface area contributed by atoms with Crippen LogP contribution in [0.4, 0.5) is 17.1 Å². The lowest BCUT2D eigenvalue weighted by Gasteiger charge is -2.25. The molecular weight excluding hydrogens is 250 g/mol. The van der Waals surface area contributed by atoms with Gasteiger partial charge in [-0.15, -0.1) is 0 Å². The predicted octanol–water partition coefficient (Wildman–Crippen LogP) is 3.07. The summed E-state index contributed by atoms with van der Waals surface area (Å²) in [5.41, 5.74) is 15.4. The van der Waals surface area contributed by atoms with Crippen LogP contribution in [0.25, 0.3) is 11.1 Å². The molecule has 2 rings (SSSR count). The fourth-order valence-corrected chi connectivity index (χ4v) is 2.36. The smallest absolute Gasteiger partial charge is 0.148 e. The molecule has 5 N–H and O–H groups in total. The summed E-state index contributed by atoms with van der Waals surface area (Å²) in [5.74, 6) is 0.221. The lowest BCUT2D eigenvalue weighted by Crippen LogP contribution is -2.23. The first-order valence-electron chi connectivity index (χ1n) is 6.80. The summed E-state index contributed by atoms with van der Waals surface area (Å²) in [5, 5.41) is 10.6. The molecule has 2 aromatic rings. The number of anilines is 3. The molecule has 0 unspecified atom stereocenters. The Balaban J connectivity index is 2.56. The number of hydrogen-bond donors (Lipinski definition) is 3. The third kappa shape index (κ3) is 2.50. The summed E-state index contributed by atoms with van der Waals surface area (Å²) in [6.45, 7) is 5.66. The van der Waals surface area contributed by atoms with E-state index < -0.39 is 0 Å². The maximum absolute atomic E-state index is 10.6. The minimum Gasteiger partial charge on any atom is -0.505 e. The first-order chi connectivity index (χ1) is 9.58. The quantitative estimate of drug-likeness (QED) is 0.747. The molecule has 0 aliphatic heterocycles. The molecule has 0 spiro atoms. The van der Waals surface area contributed by atoms with E-state index in [9.17, 15) is 5.11 Å². The zero-order valence-electron chi connectivity index (χ0n) is 11.9. The van der Waals surface area contributed by atoms with Gasteiger partial charge in [0, 0.05) is 24.3 Å². The number of phenols is 1. The fourth-order valence-electron chi connectivity index (χ4n) is 2.36. The van der Waals surface area contributed by atoms with Crippen molar-refractivity contribution in [2.24, 2.45) is 0 Å². The van der Waals surface area contributed by atoms with Crippen LogP contribution < -0.4 is 16.4 Å². The van der Waals surface area contributed by atoms with Gasteiger partial charge in [-0.25, -0.2) is 0 Å². The average molecular weight is 271 g/mol. The number of aromatic hydroxyl groups is 1. The van der Waals surface area contributed by atoms with Gasteiger partial charge in [-0.2, -0.15) is 0 Å². The molecule has 0 aliphatic rings. The maximum Gasteiger partial charge on any atom is 0.148 e. The Bertz CT molecular complexity index is 589. The molecule has 0 bridgehead atoms. The standard InChI is InChI=1S/C16H21N3O/c1-3-19(4-2)15-14(18)10-9-13(16(15)20)11-5-7-12(17)8-6-11/h5-10,20H,3-4,17-18H2,1-2H3. The molecule has 0 aromatic heterocycles. The minimum absolute atomic E-state index is 0.221. The van der Waals surface area contributed by atoms with E-state index in [1.807, 2.05) is 55.1 Å². The van der Waals surface area contributed by atoms with Crippen molar-refractivity contribution in [2.75, 3.05) is 29.5 Å². The van der Waals surface area contributed by atoms with E-state index in [2.05, 4.69) is 0 Å². The van der Waals surface area contributed by atoms with E-state index in [1.54, 1.807) is 0 Å². The topological polar surface area (TPSA) is 75.5 Å². The van der Waals surface area contributed by atoms with Gasteiger partial charge in [0.15, 0.2) is 0 Å². The zero-order chi connectivity index (χ0) is 14.7. The van der Waals surface area contributed by atoms with E-state index in [4.69, 9.17) is 11.5 Å². The van der Waals surface area contributed by atoms with Gasteiger partial charge in [-0.3, -0.25) is 0 Å². The Morgan fingerprint density at radius 2 is 1.55 bits per heavy atom. The number of rotatable bonds is 4. The zero-order valence-corrected chi connectivity index (χ0v) is 11.9. The highest BCUT2D eigenvalue weighted by molar-refractivity contribution is 5.85. The lowest BCUT2D eigenvalue weighted by atomic mass is 10.0. The largest absolute Gasteiger partial charge is 0.505 e. The van der Waals surface area contributed by atoms with Gasteiger partial charge in [0.1, 0.15) is 11.4 Å². The van der Waals surface area contributed by atoms with Gasteiger partial charge in [-0.1, -0.05) is 12.1 Å². The SMILES string of the molecule is CCN(CC)c1c(N)ccc(-c2ccc(N)cc2)c1O. The van der Waals surface area contributed by atoms with Crippen LogP contribution in [0.1, 0.15) is 13.8 Å². The Labute approximate surface area is 119 Å². The monoisotopic (exact) mass is 271 g/mol. The van der Waals surface area contributed by atoms with Gasteiger partial charge in [0.05, 0.1) is 5.69 Å². The van der Waals surface area contributed by atoms with Crippen LogP contribution in [0.5, 0.6) is 5.75 Å². The highest BCUT2D eigenvalue weighted by Gasteiger charge is 2.16. The van der Waals surface area contributed by atoms with Crippen molar-refractivity contribution < 1.29 is 5.11 Å². The normalized spacial score (nSPS) is 10.5. The number of benzene rings is 2. The Hall–Kier alpha value is -2.36. The number of hydrogen-bond acceptors (Lipinski definition) is 4. The van der Waals surface area contributed by atoms with Gasteiger partial charge in [0.2, 0.25) is 0 Å². The van der Waals surface area contributed by atoms with Gasteiger partial charge >= 0.3 is 0 Å². The van der Waals surface area contributed by atoms with Crippen LogP contribution in [-0.4, -0.2) is 18.2 Å². The summed E-state index contributed by atoms with van der Waals surface area (Å²) in [7, 11) is 0. The minimum atomic E-state index is 0.221. The molecule has 0 heterocycles. The second-order valence-electron chi connectivity index (χ2n) is 4.69. The van der Waals surface area contributed by atoms with Crippen LogP contribution in [-0.2, 0) is 0 Å². The molecule has 2 aromatic carbocycles. The summed E-state index contributed by atoms with van der Waals surface area (Å²) >= 11 is 0. The highest BCUT2D eigenvalue weighted by Crippen LogP contribution is 2.41. The van der Waals surface area contributed by atoms with E-state index in [-0.39, 0.29) is 5.75 Å². The van der Waals surface area contributed by atoms with Gasteiger partial charge < -0.3 is 21.5 Å². The second-order valence-corrected chi connectivity index (χ2v) is 4.69. The van der Waals surface area contributed by atoms with Gasteiger partial charge in [-0.05, 0) is 43.7 Å². The van der Waals surface area contributed by atoms with Gasteiger partial charge in [0.25, 0.3) is 0 Å². The van der Waals surface area contributed by atoms with Crippen molar-refractivity contribution in [3.05, 3.63) is 36.4 Å². The van der Waals surface area contributed by atoms with Crippen LogP contribution in [0, 0.1) is 0 Å². The molecule has 106 valence electrons. The number of nitrogens with two attached hydrogens (primary N) is 2. The molecule has 0 radical (unpaired) electrons. The Kier molecular flexibility index (Phi) is 4.03. The second kappa shape index (κ2) is 5.74. The molecule has 0 aliphatic carbocycles. The number of nitrogens with zero attached hydrogens (tertiary/aromatic N) is 1. The predicted molar refractivity (Wildman–Crippen MR) is 85.9 cm³/mol. The maximum atomic E-state index is 10.6. The average Bonchev–Trinajstić information content (AvgIpc) is 2.45. The Morgan fingerprint density at radius 3 is 2.10 bits per heavy atom. The molecule has 4 nitrogen and oxygen atoms in total. The fraction of sp³-hybridized carbons (Fsp3) is 0.250. The molecule has 4 heteroatoms. The van der Waals surface area contributed by atoms with Crippen molar-refractivity contribution in [3.63, 3.8) is 0 Å². The summed E-state index contributed by atoms with van der Waals surface area (Å²) < 4.78 is 0. The van der Waals surface area contributed by atoms with Crippen molar-refractivity contribution >= 4 is 17.1 Å². The van der Waals surface area contributed by atoms with Crippen LogP contribution in [0.15, 0.2) is 36.4 Å². The summed E-state index contributed by atoms with van der Waals surface area (Å²) in [6.07, 6.45) is 0. The highest BCUT2D eigenvalue weighted by atomic mass is 16.3. The van der Waals surface area contributed by atoms with E-state index in [0.717, 1.165) is 24.2 Å². The first kappa shape index (κ1) is 14.1. The summed E-state index contributed by atoms with van der Waals surface area (Å²) in [6, 6.07) is 11.1. The number of nitrogen functional groups attached to an aromatic ring is 2.